The zero-order valence-corrected chi connectivity index (χ0v) is 16.6. The Balaban J connectivity index is 2.16. The van der Waals surface area contributed by atoms with Crippen LogP contribution in [0, 0.1) is 13.8 Å². The molecule has 0 aromatic heterocycles. The molecule has 0 amide bonds. The number of hydrogen-bond acceptors (Lipinski definition) is 3. The second-order valence-corrected chi connectivity index (χ2v) is 6.87. The van der Waals surface area contributed by atoms with Crippen LogP contribution in [0.3, 0.4) is 0 Å². The summed E-state index contributed by atoms with van der Waals surface area (Å²) in [7, 11) is 1.42. The summed E-state index contributed by atoms with van der Waals surface area (Å²) in [5.41, 5.74) is 6.23. The first-order valence-corrected chi connectivity index (χ1v) is 9.41. The second kappa shape index (κ2) is 9.14. The number of aliphatic imine (C=N–C) groups is 1. The number of benzene rings is 3. The Morgan fingerprint density at radius 3 is 2.00 bits per heavy atom. The van der Waals surface area contributed by atoms with Gasteiger partial charge in [-0.25, -0.2) is 0 Å². The molecule has 3 aromatic carbocycles. The largest absolute Gasteiger partial charge is 0.469 e. The zero-order chi connectivity index (χ0) is 19.9. The molecule has 1 atom stereocenters. The summed E-state index contributed by atoms with van der Waals surface area (Å²) in [5, 5.41) is 0. The summed E-state index contributed by atoms with van der Waals surface area (Å²) < 4.78 is 4.96. The summed E-state index contributed by atoms with van der Waals surface area (Å²) in [6, 6.07) is 26.1. The highest BCUT2D eigenvalue weighted by atomic mass is 16.5. The van der Waals surface area contributed by atoms with Crippen LogP contribution in [0.4, 0.5) is 0 Å². The summed E-state index contributed by atoms with van der Waals surface area (Å²) in [4.78, 5) is 17.2. The Morgan fingerprint density at radius 2 is 1.46 bits per heavy atom. The number of ether oxygens (including phenoxy) is 1. The molecule has 142 valence electrons. The smallest absolute Gasteiger partial charge is 0.308 e. The first kappa shape index (κ1) is 19.6. The van der Waals surface area contributed by atoms with E-state index in [1.165, 1.54) is 7.11 Å². The number of rotatable bonds is 6. The van der Waals surface area contributed by atoms with Gasteiger partial charge in [0.1, 0.15) is 0 Å². The number of carbonyl (C=O) groups excluding carboxylic acids is 1. The number of methoxy groups -OCH3 is 1. The molecule has 0 aliphatic carbocycles. The molecule has 0 radical (unpaired) electrons. The third-order valence-corrected chi connectivity index (χ3v) is 4.76. The highest BCUT2D eigenvalue weighted by Crippen LogP contribution is 2.28. The van der Waals surface area contributed by atoms with Crippen LogP contribution in [-0.2, 0) is 9.53 Å². The van der Waals surface area contributed by atoms with E-state index in [4.69, 9.17) is 9.73 Å². The SMILES string of the molecule is COC(=O)CC(N=C(c1ccccc1)c1ccccc1)c1cc(C)ccc1C. The van der Waals surface area contributed by atoms with Crippen molar-refractivity contribution in [3.63, 3.8) is 0 Å². The van der Waals surface area contributed by atoms with Gasteiger partial charge in [0.25, 0.3) is 0 Å². The van der Waals surface area contributed by atoms with Gasteiger partial charge in [0.2, 0.25) is 0 Å². The Hall–Kier alpha value is -3.20. The van der Waals surface area contributed by atoms with E-state index >= 15 is 0 Å². The van der Waals surface area contributed by atoms with Crippen molar-refractivity contribution in [1.29, 1.82) is 0 Å². The van der Waals surface area contributed by atoms with Crippen LogP contribution in [0.1, 0.15) is 40.3 Å². The molecule has 0 saturated heterocycles. The van der Waals surface area contributed by atoms with Crippen LogP contribution in [0.5, 0.6) is 0 Å². The number of hydrogen-bond donors (Lipinski definition) is 0. The maximum Gasteiger partial charge on any atom is 0.308 e. The fourth-order valence-corrected chi connectivity index (χ4v) is 3.25. The van der Waals surface area contributed by atoms with Crippen molar-refractivity contribution in [2.45, 2.75) is 26.3 Å². The van der Waals surface area contributed by atoms with Crippen molar-refractivity contribution in [3.05, 3.63) is 107 Å². The average molecular weight is 371 g/mol. The first-order valence-electron chi connectivity index (χ1n) is 9.41. The molecule has 3 nitrogen and oxygen atoms in total. The van der Waals surface area contributed by atoms with Crippen molar-refractivity contribution in [2.24, 2.45) is 4.99 Å². The van der Waals surface area contributed by atoms with E-state index in [9.17, 15) is 4.79 Å². The Kier molecular flexibility index (Phi) is 6.38. The molecule has 0 fully saturated rings. The maximum atomic E-state index is 12.2. The van der Waals surface area contributed by atoms with E-state index in [1.54, 1.807) is 0 Å². The van der Waals surface area contributed by atoms with Crippen LogP contribution in [0.15, 0.2) is 83.9 Å². The van der Waals surface area contributed by atoms with Crippen molar-refractivity contribution >= 4 is 11.7 Å². The van der Waals surface area contributed by atoms with Crippen molar-refractivity contribution in [2.75, 3.05) is 7.11 Å². The van der Waals surface area contributed by atoms with Gasteiger partial charge in [0.05, 0.1) is 25.3 Å². The molecule has 0 heterocycles. The topological polar surface area (TPSA) is 38.7 Å². The lowest BCUT2D eigenvalue weighted by atomic mass is 9.95. The predicted molar refractivity (Wildman–Crippen MR) is 114 cm³/mol. The van der Waals surface area contributed by atoms with Crippen molar-refractivity contribution < 1.29 is 9.53 Å². The normalized spacial score (nSPS) is 11.5. The molecular weight excluding hydrogens is 346 g/mol. The highest BCUT2D eigenvalue weighted by molar-refractivity contribution is 6.13. The zero-order valence-electron chi connectivity index (χ0n) is 16.6. The third-order valence-electron chi connectivity index (χ3n) is 4.76. The van der Waals surface area contributed by atoms with Gasteiger partial charge in [0.15, 0.2) is 0 Å². The Morgan fingerprint density at radius 1 is 0.893 bits per heavy atom. The molecule has 28 heavy (non-hydrogen) atoms. The molecule has 0 spiro atoms. The van der Waals surface area contributed by atoms with Crippen molar-refractivity contribution in [3.8, 4) is 0 Å². The van der Waals surface area contributed by atoms with Crippen LogP contribution in [-0.4, -0.2) is 18.8 Å². The molecule has 3 heteroatoms. The monoisotopic (exact) mass is 371 g/mol. The van der Waals surface area contributed by atoms with Gasteiger partial charge in [0, 0.05) is 11.1 Å². The lowest BCUT2D eigenvalue weighted by molar-refractivity contribution is -0.141. The molecule has 3 rings (SSSR count). The molecule has 0 aliphatic heterocycles. The van der Waals surface area contributed by atoms with E-state index in [-0.39, 0.29) is 18.4 Å². The fraction of sp³-hybridized carbons (Fsp3) is 0.200. The third kappa shape index (κ3) is 4.74. The molecule has 0 aliphatic rings. The lowest BCUT2D eigenvalue weighted by Crippen LogP contribution is -2.12. The van der Waals surface area contributed by atoms with Gasteiger partial charge < -0.3 is 4.74 Å². The van der Waals surface area contributed by atoms with Gasteiger partial charge in [-0.1, -0.05) is 84.4 Å². The summed E-state index contributed by atoms with van der Waals surface area (Å²) in [6.07, 6.45) is 0.198. The second-order valence-electron chi connectivity index (χ2n) is 6.87. The number of esters is 1. The van der Waals surface area contributed by atoms with Crippen LogP contribution >= 0.6 is 0 Å². The van der Waals surface area contributed by atoms with E-state index in [0.717, 1.165) is 33.5 Å². The fourth-order valence-electron chi connectivity index (χ4n) is 3.25. The minimum atomic E-state index is -0.317. The first-order chi connectivity index (χ1) is 13.6. The standard InChI is InChI=1S/C25H25NO2/c1-18-14-15-19(2)22(16-18)23(17-24(27)28-3)26-25(20-10-6-4-7-11-20)21-12-8-5-9-13-21/h4-16,23H,17H2,1-3H3. The molecule has 1 unspecified atom stereocenters. The van der Waals surface area contributed by atoms with E-state index in [1.807, 2.05) is 60.7 Å². The van der Waals surface area contributed by atoms with Gasteiger partial charge in [-0.2, -0.15) is 0 Å². The van der Waals surface area contributed by atoms with Gasteiger partial charge in [-0.15, -0.1) is 0 Å². The van der Waals surface area contributed by atoms with Crippen LogP contribution < -0.4 is 0 Å². The quantitative estimate of drug-likeness (QED) is 0.427. The minimum Gasteiger partial charge on any atom is -0.469 e. The van der Waals surface area contributed by atoms with Crippen molar-refractivity contribution in [1.82, 2.24) is 0 Å². The summed E-state index contributed by atoms with van der Waals surface area (Å²) in [5.74, 6) is -0.268. The molecule has 0 bridgehead atoms. The van der Waals surface area contributed by atoms with Gasteiger partial charge in [-0.3, -0.25) is 9.79 Å². The Labute approximate surface area is 166 Å². The summed E-state index contributed by atoms with van der Waals surface area (Å²) in [6.45, 7) is 4.11. The number of carbonyl (C=O) groups is 1. The molecule has 0 saturated carbocycles. The van der Waals surface area contributed by atoms with Gasteiger partial charge >= 0.3 is 5.97 Å². The molecule has 3 aromatic rings. The maximum absolute atomic E-state index is 12.2. The number of nitrogens with zero attached hydrogens (tertiary/aromatic N) is 1. The van der Waals surface area contributed by atoms with Crippen LogP contribution in [0.25, 0.3) is 0 Å². The minimum absolute atomic E-state index is 0.198. The molecule has 0 N–H and O–H groups in total. The van der Waals surface area contributed by atoms with Crippen LogP contribution in [0.2, 0.25) is 0 Å². The lowest BCUT2D eigenvalue weighted by Gasteiger charge is -2.18. The van der Waals surface area contributed by atoms with E-state index < -0.39 is 0 Å². The van der Waals surface area contributed by atoms with E-state index in [2.05, 4.69) is 32.0 Å². The molecular formula is C25H25NO2. The van der Waals surface area contributed by atoms with E-state index in [0.29, 0.717) is 0 Å². The summed E-state index contributed by atoms with van der Waals surface area (Å²) >= 11 is 0. The Bertz CT molecular complexity index is 921. The number of aryl methyl sites for hydroxylation is 2. The van der Waals surface area contributed by atoms with Gasteiger partial charge in [-0.05, 0) is 25.0 Å². The predicted octanol–water partition coefficient (Wildman–Crippen LogP) is 5.45. The average Bonchev–Trinajstić information content (AvgIpc) is 2.74. The highest BCUT2D eigenvalue weighted by Gasteiger charge is 2.20.